The minimum atomic E-state index is -0.300. The van der Waals surface area contributed by atoms with Crippen molar-refractivity contribution in [2.24, 2.45) is 0 Å². The van der Waals surface area contributed by atoms with E-state index in [1.54, 1.807) is 28.6 Å². The highest BCUT2D eigenvalue weighted by Gasteiger charge is 2.18. The lowest BCUT2D eigenvalue weighted by Gasteiger charge is -2.20. The summed E-state index contributed by atoms with van der Waals surface area (Å²) in [6, 6.07) is 14.0. The summed E-state index contributed by atoms with van der Waals surface area (Å²) in [5.41, 5.74) is 1.40. The van der Waals surface area contributed by atoms with Gasteiger partial charge < -0.3 is 9.32 Å². The molecule has 3 heterocycles. The van der Waals surface area contributed by atoms with Gasteiger partial charge in [0.05, 0.1) is 31.5 Å². The Labute approximate surface area is 169 Å². The van der Waals surface area contributed by atoms with E-state index in [1.165, 1.54) is 23.5 Å². The number of hydrogen-bond acceptors (Lipinski definition) is 5. The van der Waals surface area contributed by atoms with Crippen molar-refractivity contribution in [1.82, 2.24) is 9.88 Å². The summed E-state index contributed by atoms with van der Waals surface area (Å²) in [5, 5.41) is 4.56. The Morgan fingerprint density at radius 1 is 1.11 bits per heavy atom. The van der Waals surface area contributed by atoms with Gasteiger partial charge >= 0.3 is 0 Å². The molecule has 0 aliphatic rings. The van der Waals surface area contributed by atoms with Crippen molar-refractivity contribution in [3.05, 3.63) is 87.7 Å². The summed E-state index contributed by atoms with van der Waals surface area (Å²) < 4.78 is 18.9. The molecule has 0 N–H and O–H groups in total. The van der Waals surface area contributed by atoms with Crippen LogP contribution in [0.1, 0.15) is 16.3 Å². The molecule has 1 amide bonds. The van der Waals surface area contributed by atoms with Crippen LogP contribution in [-0.2, 0) is 24.3 Å². The Morgan fingerprint density at radius 2 is 2.04 bits per heavy atom. The van der Waals surface area contributed by atoms with Crippen LogP contribution in [0.25, 0.3) is 10.6 Å². The number of hydrogen-bond donors (Lipinski definition) is 0. The molecular formula is C21H17FN2O2S2. The van der Waals surface area contributed by atoms with Crippen LogP contribution in [0.2, 0.25) is 0 Å². The van der Waals surface area contributed by atoms with Crippen LogP contribution in [0.3, 0.4) is 0 Å². The van der Waals surface area contributed by atoms with Crippen LogP contribution < -0.4 is 0 Å². The molecule has 142 valence electrons. The fourth-order valence-corrected chi connectivity index (χ4v) is 4.36. The summed E-state index contributed by atoms with van der Waals surface area (Å²) in [6.45, 7) is 0.933. The highest BCUT2D eigenvalue weighted by molar-refractivity contribution is 7.13. The first-order valence-corrected chi connectivity index (χ1v) is 10.5. The summed E-state index contributed by atoms with van der Waals surface area (Å²) >= 11 is 3.03. The molecular weight excluding hydrogens is 395 g/mol. The summed E-state index contributed by atoms with van der Waals surface area (Å²) in [4.78, 5) is 20.4. The van der Waals surface area contributed by atoms with Crippen molar-refractivity contribution in [3.63, 3.8) is 0 Å². The van der Waals surface area contributed by atoms with Crippen molar-refractivity contribution >= 4 is 28.6 Å². The van der Waals surface area contributed by atoms with Gasteiger partial charge in [-0.3, -0.25) is 4.79 Å². The number of amides is 1. The van der Waals surface area contributed by atoms with Crippen LogP contribution in [-0.4, -0.2) is 15.8 Å². The van der Waals surface area contributed by atoms with Crippen molar-refractivity contribution in [1.29, 1.82) is 0 Å². The highest BCUT2D eigenvalue weighted by atomic mass is 32.1. The minimum absolute atomic E-state index is 0.0270. The Hall–Kier alpha value is -2.77. The van der Waals surface area contributed by atoms with Crippen LogP contribution in [0.4, 0.5) is 4.39 Å². The lowest BCUT2D eigenvalue weighted by Crippen LogP contribution is -2.31. The molecule has 4 nitrogen and oxygen atoms in total. The number of rotatable bonds is 7. The Bertz CT molecular complexity index is 1010. The summed E-state index contributed by atoms with van der Waals surface area (Å²) in [7, 11) is 0. The smallest absolute Gasteiger partial charge is 0.229 e. The van der Waals surface area contributed by atoms with E-state index in [0.717, 1.165) is 16.2 Å². The molecule has 0 bridgehead atoms. The van der Waals surface area contributed by atoms with E-state index >= 15 is 0 Å². The Kier molecular flexibility index (Phi) is 5.64. The number of nitrogens with zero attached hydrogens (tertiary/aromatic N) is 2. The molecule has 0 aliphatic carbocycles. The topological polar surface area (TPSA) is 46.3 Å². The SMILES string of the molecule is O=C(Cc1csc(-c2cccc(F)c2)n1)N(Cc1ccco1)Cc1cccs1. The van der Waals surface area contributed by atoms with Crippen LogP contribution in [0.5, 0.6) is 0 Å². The van der Waals surface area contributed by atoms with Crippen molar-refractivity contribution in [2.75, 3.05) is 0 Å². The van der Waals surface area contributed by atoms with Gasteiger partial charge in [-0.25, -0.2) is 9.37 Å². The number of furan rings is 1. The van der Waals surface area contributed by atoms with Gasteiger partial charge in [0.2, 0.25) is 5.91 Å². The van der Waals surface area contributed by atoms with Gasteiger partial charge in [0.25, 0.3) is 0 Å². The lowest BCUT2D eigenvalue weighted by atomic mass is 10.2. The van der Waals surface area contributed by atoms with Crippen LogP contribution in [0, 0.1) is 5.82 Å². The summed E-state index contributed by atoms with van der Waals surface area (Å²) in [6.07, 6.45) is 1.80. The third-order valence-electron chi connectivity index (χ3n) is 4.16. The predicted octanol–water partition coefficient (Wildman–Crippen LogP) is 5.38. The third kappa shape index (κ3) is 4.55. The normalized spacial score (nSPS) is 10.9. The molecule has 0 saturated heterocycles. The number of thiophene rings is 1. The van der Waals surface area contributed by atoms with Gasteiger partial charge in [-0.2, -0.15) is 0 Å². The minimum Gasteiger partial charge on any atom is -0.467 e. The average Bonchev–Trinajstić information content (AvgIpc) is 3.44. The zero-order valence-corrected chi connectivity index (χ0v) is 16.5. The van der Waals surface area contributed by atoms with Gasteiger partial charge in [-0.15, -0.1) is 22.7 Å². The Balaban J connectivity index is 1.49. The average molecular weight is 413 g/mol. The van der Waals surface area contributed by atoms with Crippen LogP contribution in [0.15, 0.2) is 70.0 Å². The molecule has 0 saturated carbocycles. The van der Waals surface area contributed by atoms with E-state index in [1.807, 2.05) is 41.1 Å². The number of halogens is 1. The number of benzene rings is 1. The third-order valence-corrected chi connectivity index (χ3v) is 5.96. The number of thiazole rings is 1. The van der Waals surface area contributed by atoms with Gasteiger partial charge in [0.15, 0.2) is 0 Å². The van der Waals surface area contributed by atoms with Crippen molar-refractivity contribution in [2.45, 2.75) is 19.5 Å². The molecule has 0 atom stereocenters. The zero-order valence-electron chi connectivity index (χ0n) is 14.9. The maximum atomic E-state index is 13.4. The first kappa shape index (κ1) is 18.6. The van der Waals surface area contributed by atoms with E-state index < -0.39 is 0 Å². The van der Waals surface area contributed by atoms with Gasteiger partial charge in [-0.1, -0.05) is 18.2 Å². The Morgan fingerprint density at radius 3 is 2.79 bits per heavy atom. The number of carbonyl (C=O) groups excluding carboxylic acids is 1. The summed E-state index contributed by atoms with van der Waals surface area (Å²) in [5.74, 6) is 0.412. The standard InChI is InChI=1S/C21H17FN2O2S2/c22-16-5-1-4-15(10-16)21-23-17(14-28-21)11-20(25)24(12-18-6-2-8-26-18)13-19-7-3-9-27-19/h1-10,14H,11-13H2. The molecule has 0 aliphatic heterocycles. The molecule has 1 aromatic carbocycles. The molecule has 28 heavy (non-hydrogen) atoms. The number of carbonyl (C=O) groups is 1. The molecule has 7 heteroatoms. The van der Waals surface area contributed by atoms with E-state index in [-0.39, 0.29) is 18.1 Å². The maximum absolute atomic E-state index is 13.4. The van der Waals surface area contributed by atoms with Crippen molar-refractivity contribution in [3.8, 4) is 10.6 Å². The van der Waals surface area contributed by atoms with Crippen molar-refractivity contribution < 1.29 is 13.6 Å². The first-order valence-electron chi connectivity index (χ1n) is 8.70. The van der Waals surface area contributed by atoms with Gasteiger partial charge in [0.1, 0.15) is 16.6 Å². The predicted molar refractivity (Wildman–Crippen MR) is 108 cm³/mol. The first-order chi connectivity index (χ1) is 13.7. The van der Waals surface area contributed by atoms with Crippen LogP contribution >= 0.6 is 22.7 Å². The molecule has 0 spiro atoms. The maximum Gasteiger partial charge on any atom is 0.229 e. The molecule has 3 aromatic heterocycles. The fourth-order valence-electron chi connectivity index (χ4n) is 2.82. The molecule has 0 radical (unpaired) electrons. The molecule has 4 aromatic rings. The second-order valence-electron chi connectivity index (χ2n) is 6.24. The van der Waals surface area contributed by atoms with E-state index in [4.69, 9.17) is 4.42 Å². The number of aromatic nitrogens is 1. The molecule has 0 unspecified atom stereocenters. The second kappa shape index (κ2) is 8.50. The highest BCUT2D eigenvalue weighted by Crippen LogP contribution is 2.25. The van der Waals surface area contributed by atoms with E-state index in [0.29, 0.717) is 23.8 Å². The quantitative estimate of drug-likeness (QED) is 0.410. The second-order valence-corrected chi connectivity index (χ2v) is 8.13. The van der Waals surface area contributed by atoms with Gasteiger partial charge in [0, 0.05) is 15.8 Å². The molecule has 4 rings (SSSR count). The van der Waals surface area contributed by atoms with Gasteiger partial charge in [-0.05, 0) is 35.7 Å². The zero-order chi connectivity index (χ0) is 19.3. The molecule has 0 fully saturated rings. The largest absolute Gasteiger partial charge is 0.467 e. The lowest BCUT2D eigenvalue weighted by molar-refractivity contribution is -0.132. The monoisotopic (exact) mass is 412 g/mol. The van der Waals surface area contributed by atoms with E-state index in [9.17, 15) is 9.18 Å². The fraction of sp³-hybridized carbons (Fsp3) is 0.143. The van der Waals surface area contributed by atoms with E-state index in [2.05, 4.69) is 4.98 Å².